The lowest BCUT2D eigenvalue weighted by molar-refractivity contribution is -0.388. The van der Waals surface area contributed by atoms with Crippen molar-refractivity contribution in [1.29, 1.82) is 0 Å². The molecule has 20 heteroatoms. The van der Waals surface area contributed by atoms with Gasteiger partial charge in [-0.05, 0) is 60.7 Å². The van der Waals surface area contributed by atoms with Crippen LogP contribution >= 0.6 is 0 Å². The Morgan fingerprint density at radius 2 is 0.805 bits per heavy atom. The first-order valence-electron chi connectivity index (χ1n) is 26.7. The van der Waals surface area contributed by atoms with Gasteiger partial charge in [0.05, 0.1) is 41.0 Å². The predicted octanol–water partition coefficient (Wildman–Crippen LogP) is 6.87. The molecule has 5 fully saturated rings. The van der Waals surface area contributed by atoms with Crippen molar-refractivity contribution in [3.63, 3.8) is 0 Å². The highest BCUT2D eigenvalue weighted by molar-refractivity contribution is 5.92. The molecule has 5 aliphatic rings. The zero-order valence-corrected chi connectivity index (χ0v) is 44.3. The Bertz CT molecular complexity index is 3090. The Morgan fingerprint density at radius 3 is 1.30 bits per heavy atom. The summed E-state index contributed by atoms with van der Waals surface area (Å²) in [4.78, 5) is 72.2. The molecule has 426 valence electrons. The van der Waals surface area contributed by atoms with Crippen molar-refractivity contribution in [2.24, 2.45) is 0 Å². The minimum Gasteiger partial charge on any atom is -0.459 e. The molecule has 0 radical (unpaired) electrons. The summed E-state index contributed by atoms with van der Waals surface area (Å²) in [7, 11) is 2.91. The molecule has 6 aromatic rings. The van der Waals surface area contributed by atoms with E-state index in [-0.39, 0.29) is 41.0 Å². The molecule has 7 unspecified atom stereocenters. The van der Waals surface area contributed by atoms with E-state index in [0.717, 1.165) is 0 Å². The van der Waals surface area contributed by atoms with E-state index in [1.54, 1.807) is 140 Å². The highest BCUT2D eigenvalue weighted by Crippen LogP contribution is 2.42. The van der Waals surface area contributed by atoms with Gasteiger partial charge in [-0.3, -0.25) is 0 Å². The molecule has 16 atom stereocenters. The number of rotatable bonds is 18. The maximum absolute atomic E-state index is 14.8. The highest BCUT2D eigenvalue weighted by Gasteiger charge is 2.61. The second kappa shape index (κ2) is 26.0. The van der Waals surface area contributed by atoms with Crippen LogP contribution < -0.4 is 0 Å². The van der Waals surface area contributed by atoms with Gasteiger partial charge in [0.25, 0.3) is 0 Å². The maximum Gasteiger partial charge on any atom is 0.338 e. The molecule has 11 rings (SSSR count). The summed E-state index contributed by atoms with van der Waals surface area (Å²) in [5.41, 5.74) is 1.24. The maximum atomic E-state index is 14.8. The van der Waals surface area contributed by atoms with Gasteiger partial charge in [-0.15, -0.1) is 0 Å². The number of esters is 5. The molecule has 2 bridgehead atoms. The summed E-state index contributed by atoms with van der Waals surface area (Å²) in [6.07, 6.45) is -21.3. The van der Waals surface area contributed by atoms with E-state index in [4.69, 9.17) is 71.1 Å². The Balaban J connectivity index is 1.04. The topological polar surface area (TPSA) is 224 Å². The zero-order valence-electron chi connectivity index (χ0n) is 44.3. The number of hydrogen-bond donors (Lipinski definition) is 0. The molecule has 0 aliphatic carbocycles. The SMILES string of the molecule is COC1C(OC)[C@H](O[C@@H]2OC(COC(=O)c3ccccc3)[C@@H](O[C@@H]3OC4COC(c5ccccc5)O[C@H]4[C@H](OC(=O)c4ccccc4)C3OC(=O)c3ccccc3)[C@H](OC(=O)c3ccccc3)C2OC(=O)c2ccccc2)[C@@H]2CO[C@@H]1O2. The molecule has 20 nitrogen and oxygen atoms in total. The van der Waals surface area contributed by atoms with Crippen LogP contribution in [0.5, 0.6) is 0 Å². The van der Waals surface area contributed by atoms with Crippen molar-refractivity contribution in [2.45, 2.75) is 98.4 Å². The first-order chi connectivity index (χ1) is 40.1. The van der Waals surface area contributed by atoms with E-state index in [0.29, 0.717) is 5.56 Å². The van der Waals surface area contributed by atoms with Gasteiger partial charge < -0.3 is 71.1 Å². The third kappa shape index (κ3) is 12.5. The van der Waals surface area contributed by atoms with Crippen molar-refractivity contribution >= 4 is 29.8 Å². The summed E-state index contributed by atoms with van der Waals surface area (Å²) in [6.45, 7) is -0.793. The zero-order chi connectivity index (χ0) is 56.5. The lowest BCUT2D eigenvalue weighted by Crippen LogP contribution is -2.68. The summed E-state index contributed by atoms with van der Waals surface area (Å²) < 4.78 is 96.3. The molecule has 0 spiro atoms. The number of methoxy groups -OCH3 is 2. The van der Waals surface area contributed by atoms with Crippen molar-refractivity contribution in [2.75, 3.05) is 34.0 Å². The van der Waals surface area contributed by atoms with Crippen molar-refractivity contribution in [3.8, 4) is 0 Å². The van der Waals surface area contributed by atoms with E-state index >= 15 is 0 Å². The van der Waals surface area contributed by atoms with Crippen LogP contribution in [0.1, 0.15) is 63.6 Å². The second-order valence-electron chi connectivity index (χ2n) is 19.6. The van der Waals surface area contributed by atoms with E-state index in [1.807, 2.05) is 6.07 Å². The molecule has 5 heterocycles. The fourth-order valence-electron chi connectivity index (χ4n) is 10.4. The Labute approximate surface area is 471 Å². The lowest BCUT2D eigenvalue weighted by atomic mass is 9.95. The quantitative estimate of drug-likeness (QED) is 0.0633. The van der Waals surface area contributed by atoms with Crippen LogP contribution in [-0.2, 0) is 71.1 Å². The number of ether oxygens (including phenoxy) is 15. The van der Waals surface area contributed by atoms with Crippen molar-refractivity contribution < 1.29 is 95.0 Å². The average Bonchev–Trinajstić information content (AvgIpc) is 3.84. The van der Waals surface area contributed by atoms with Gasteiger partial charge in [-0.2, -0.15) is 0 Å². The van der Waals surface area contributed by atoms with Crippen LogP contribution in [0.15, 0.2) is 182 Å². The third-order valence-corrected chi connectivity index (χ3v) is 14.5. The summed E-state index contributed by atoms with van der Waals surface area (Å²) in [5.74, 6) is -4.30. The standard InChI is InChI=1S/C62H58O20/c1-68-48-45(43-35-72-60(73-43)51(48)69-2)81-61-53(79-58(67)40-29-17-7-18-30-40)50(77-56(65)38-25-13-5-14-26-38)47(42(74-61)33-70-54(63)36-21-9-3-10-22-36)82-62-52(78-57(66)39-27-15-6-16-28-39)49(76-55(64)37-23-11-4-12-24-37)46-44(75-62)34-71-59(80-46)41-31-19-8-20-32-41/h3-32,42-53,59-62H,33-35H2,1-2H3/t42?,43-,44?,45+,46+,47+,48?,49-,50-,51?,52?,53?,59?,60+,61-,62-/m0/s1. The fourth-order valence-corrected chi connectivity index (χ4v) is 10.4. The van der Waals surface area contributed by atoms with Crippen LogP contribution in [0.25, 0.3) is 0 Å². The van der Waals surface area contributed by atoms with Gasteiger partial charge in [0.1, 0.15) is 55.4 Å². The molecule has 0 aromatic heterocycles. The average molecular weight is 1120 g/mol. The smallest absolute Gasteiger partial charge is 0.338 e. The van der Waals surface area contributed by atoms with Crippen LogP contribution in [0.4, 0.5) is 0 Å². The molecular formula is C62H58O20. The van der Waals surface area contributed by atoms with Gasteiger partial charge >= 0.3 is 29.8 Å². The number of carbonyl (C=O) groups excluding carboxylic acids is 5. The van der Waals surface area contributed by atoms with Crippen LogP contribution in [0, 0.1) is 0 Å². The van der Waals surface area contributed by atoms with Gasteiger partial charge in [0.2, 0.25) is 0 Å². The third-order valence-electron chi connectivity index (χ3n) is 14.5. The van der Waals surface area contributed by atoms with Crippen LogP contribution in [0.2, 0.25) is 0 Å². The monoisotopic (exact) mass is 1120 g/mol. The van der Waals surface area contributed by atoms with E-state index in [9.17, 15) is 24.0 Å². The normalized spacial score (nSPS) is 30.2. The second-order valence-corrected chi connectivity index (χ2v) is 19.6. The van der Waals surface area contributed by atoms with Gasteiger partial charge in [0.15, 0.2) is 49.6 Å². The van der Waals surface area contributed by atoms with Crippen molar-refractivity contribution in [1.82, 2.24) is 0 Å². The summed E-state index contributed by atoms with van der Waals surface area (Å²) >= 11 is 0. The highest BCUT2D eigenvalue weighted by atomic mass is 16.8. The molecule has 6 aromatic carbocycles. The minimum absolute atomic E-state index is 0.0341. The molecule has 0 amide bonds. The first kappa shape index (κ1) is 56.1. The minimum atomic E-state index is -1.82. The van der Waals surface area contributed by atoms with E-state index in [1.165, 1.54) is 50.6 Å². The summed E-state index contributed by atoms with van der Waals surface area (Å²) in [5, 5.41) is 0. The van der Waals surface area contributed by atoms with Crippen molar-refractivity contribution in [3.05, 3.63) is 215 Å². The number of fused-ring (bicyclic) bond motifs is 3. The molecule has 82 heavy (non-hydrogen) atoms. The first-order valence-corrected chi connectivity index (χ1v) is 26.7. The summed E-state index contributed by atoms with van der Waals surface area (Å²) in [6, 6.07) is 49.4. The van der Waals surface area contributed by atoms with Crippen LogP contribution in [0.3, 0.4) is 0 Å². The molecule has 0 saturated carbocycles. The van der Waals surface area contributed by atoms with E-state index < -0.39 is 135 Å². The Hall–Kier alpha value is -7.73. The lowest BCUT2D eigenvalue weighted by Gasteiger charge is -2.51. The number of carbonyl (C=O) groups is 5. The molecule has 5 saturated heterocycles. The predicted molar refractivity (Wildman–Crippen MR) is 283 cm³/mol. The largest absolute Gasteiger partial charge is 0.459 e. The fraction of sp³-hybridized carbons (Fsp3) is 0.339. The molecule has 5 aliphatic heterocycles. The Morgan fingerprint density at radius 1 is 0.390 bits per heavy atom. The molecular weight excluding hydrogens is 1060 g/mol. The number of benzene rings is 6. The van der Waals surface area contributed by atoms with Gasteiger partial charge in [0, 0.05) is 19.8 Å². The molecule has 0 N–H and O–H groups in total. The van der Waals surface area contributed by atoms with Crippen LogP contribution in [-0.4, -0.2) is 156 Å². The number of hydrogen-bond acceptors (Lipinski definition) is 20. The van der Waals surface area contributed by atoms with Gasteiger partial charge in [-0.25, -0.2) is 24.0 Å². The van der Waals surface area contributed by atoms with Gasteiger partial charge in [-0.1, -0.05) is 121 Å². The Kier molecular flexibility index (Phi) is 17.8. The van der Waals surface area contributed by atoms with E-state index in [2.05, 4.69) is 0 Å².